The number of likely N-dealkylation sites (tertiary alicyclic amines) is 1. The maximum atomic E-state index is 11.2. The highest BCUT2D eigenvalue weighted by molar-refractivity contribution is 6.32. The average molecular weight is 597 g/mol. The van der Waals surface area contributed by atoms with Crippen molar-refractivity contribution in [3.05, 3.63) is 75.8 Å². The molecule has 1 atom stereocenters. The summed E-state index contributed by atoms with van der Waals surface area (Å²) < 4.78 is 17.8. The molecule has 0 aromatic heterocycles. The van der Waals surface area contributed by atoms with Crippen molar-refractivity contribution in [2.75, 3.05) is 40.0 Å². The smallest absolute Gasteiger partial charge is 0.323 e. The minimum absolute atomic E-state index is 0.155. The summed E-state index contributed by atoms with van der Waals surface area (Å²) in [6.07, 6.45) is 3.63. The SMILES string of the molecule is COc1cc(OCc2cccc(-c3cccc(OCCCN4CCCC4)c3C)c2C)c(Cl)cc1CN[C@@H](CO)C(=O)O. The van der Waals surface area contributed by atoms with E-state index in [0.29, 0.717) is 35.3 Å². The highest BCUT2D eigenvalue weighted by atomic mass is 35.5. The van der Waals surface area contributed by atoms with Crippen molar-refractivity contribution in [3.8, 4) is 28.4 Å². The van der Waals surface area contributed by atoms with Gasteiger partial charge >= 0.3 is 5.97 Å². The highest BCUT2D eigenvalue weighted by Gasteiger charge is 2.18. The number of nitrogens with one attached hydrogen (secondary N) is 1. The van der Waals surface area contributed by atoms with Crippen LogP contribution in [0.3, 0.4) is 0 Å². The number of aliphatic carboxylic acids is 1. The number of carbonyl (C=O) groups is 1. The number of halogens is 1. The van der Waals surface area contributed by atoms with Crippen molar-refractivity contribution in [2.24, 2.45) is 0 Å². The average Bonchev–Trinajstić information content (AvgIpc) is 3.50. The molecular formula is C33H41ClN2O6. The summed E-state index contributed by atoms with van der Waals surface area (Å²) in [5, 5.41) is 21.6. The molecule has 0 aliphatic carbocycles. The van der Waals surface area contributed by atoms with Gasteiger partial charge in [0.25, 0.3) is 0 Å². The van der Waals surface area contributed by atoms with E-state index in [1.807, 2.05) is 24.3 Å². The van der Waals surface area contributed by atoms with Gasteiger partial charge in [-0.3, -0.25) is 10.1 Å². The molecule has 1 saturated heterocycles. The van der Waals surface area contributed by atoms with Crippen LogP contribution < -0.4 is 19.5 Å². The van der Waals surface area contributed by atoms with Crippen LogP contribution in [-0.4, -0.2) is 67.1 Å². The summed E-state index contributed by atoms with van der Waals surface area (Å²) in [5.41, 5.74) is 6.16. The Hall–Kier alpha value is -3.30. The standard InChI is InChI=1S/C33H41ClN2O6/c1-22-24(21-42-32-18-31(40-3)25(17-28(32)34)19-35-29(20-37)33(38)39)9-6-10-26(22)27-11-7-12-30(23(27)2)41-16-8-15-36-13-4-5-14-36/h6-7,9-12,17-18,29,35,37H,4-5,8,13-16,19-21H2,1-3H3,(H,38,39)/t29-/m0/s1. The van der Waals surface area contributed by atoms with Gasteiger partial charge in [0, 0.05) is 24.7 Å². The van der Waals surface area contributed by atoms with Crippen LogP contribution in [0.15, 0.2) is 48.5 Å². The summed E-state index contributed by atoms with van der Waals surface area (Å²) in [4.78, 5) is 13.7. The summed E-state index contributed by atoms with van der Waals surface area (Å²) in [6.45, 7) is 8.33. The number of aliphatic hydroxyl groups is 1. The van der Waals surface area contributed by atoms with Crippen LogP contribution >= 0.6 is 11.6 Å². The zero-order valence-electron chi connectivity index (χ0n) is 24.6. The van der Waals surface area contributed by atoms with Crippen molar-refractivity contribution in [3.63, 3.8) is 0 Å². The molecule has 3 N–H and O–H groups in total. The normalized spacial score (nSPS) is 14.1. The predicted octanol–water partition coefficient (Wildman–Crippen LogP) is 5.61. The topological polar surface area (TPSA) is 100 Å². The fraction of sp³-hybridized carbons (Fsp3) is 0.424. The quantitative estimate of drug-likeness (QED) is 0.195. The van der Waals surface area contributed by atoms with Gasteiger partial charge in [0.2, 0.25) is 0 Å². The van der Waals surface area contributed by atoms with E-state index < -0.39 is 18.6 Å². The Bertz CT molecular complexity index is 1360. The third-order valence-corrected chi connectivity index (χ3v) is 8.13. The minimum atomic E-state index is -1.14. The van der Waals surface area contributed by atoms with Crippen LogP contribution in [0.2, 0.25) is 5.02 Å². The Morgan fingerprint density at radius 3 is 2.38 bits per heavy atom. The number of hydrogen-bond donors (Lipinski definition) is 3. The van der Waals surface area contributed by atoms with E-state index in [-0.39, 0.29) is 6.54 Å². The Morgan fingerprint density at radius 1 is 0.976 bits per heavy atom. The number of rotatable bonds is 15. The Kier molecular flexibility index (Phi) is 11.5. The van der Waals surface area contributed by atoms with Crippen molar-refractivity contribution < 1.29 is 29.2 Å². The molecule has 0 saturated carbocycles. The molecule has 0 amide bonds. The molecule has 0 radical (unpaired) electrons. The van der Waals surface area contributed by atoms with Crippen LogP contribution in [-0.2, 0) is 17.9 Å². The van der Waals surface area contributed by atoms with Gasteiger partial charge in [0.05, 0.1) is 25.3 Å². The number of ether oxygens (including phenoxy) is 3. The number of benzene rings is 3. The van der Waals surface area contributed by atoms with Gasteiger partial charge in [-0.15, -0.1) is 0 Å². The lowest BCUT2D eigenvalue weighted by Gasteiger charge is -2.18. The van der Waals surface area contributed by atoms with Crippen molar-refractivity contribution in [2.45, 2.75) is 52.3 Å². The Balaban J connectivity index is 1.44. The van der Waals surface area contributed by atoms with Crippen LogP contribution in [0.1, 0.15) is 41.5 Å². The van der Waals surface area contributed by atoms with Gasteiger partial charge in [0.1, 0.15) is 29.9 Å². The Morgan fingerprint density at radius 2 is 1.69 bits per heavy atom. The molecule has 1 aliphatic rings. The molecule has 0 unspecified atom stereocenters. The van der Waals surface area contributed by atoms with Crippen molar-refractivity contribution in [1.29, 1.82) is 0 Å². The highest BCUT2D eigenvalue weighted by Crippen LogP contribution is 2.36. The maximum Gasteiger partial charge on any atom is 0.323 e. The summed E-state index contributed by atoms with van der Waals surface area (Å²) in [7, 11) is 1.53. The molecule has 1 aliphatic heterocycles. The second kappa shape index (κ2) is 15.3. The molecule has 1 heterocycles. The monoisotopic (exact) mass is 596 g/mol. The second-order valence-corrected chi connectivity index (χ2v) is 11.0. The zero-order chi connectivity index (χ0) is 30.1. The molecule has 8 nitrogen and oxygen atoms in total. The summed E-state index contributed by atoms with van der Waals surface area (Å²) in [5.74, 6) is 0.737. The van der Waals surface area contributed by atoms with Crippen LogP contribution in [0.4, 0.5) is 0 Å². The molecule has 0 spiro atoms. The number of carboxylic acid groups (broad SMARTS) is 1. The Labute approximate surface area is 253 Å². The predicted molar refractivity (Wildman–Crippen MR) is 165 cm³/mol. The van der Waals surface area contributed by atoms with E-state index in [1.54, 1.807) is 12.1 Å². The molecule has 9 heteroatoms. The summed E-state index contributed by atoms with van der Waals surface area (Å²) in [6, 6.07) is 14.7. The lowest BCUT2D eigenvalue weighted by atomic mass is 9.93. The third-order valence-electron chi connectivity index (χ3n) is 7.83. The van der Waals surface area contributed by atoms with Crippen molar-refractivity contribution in [1.82, 2.24) is 10.2 Å². The van der Waals surface area contributed by atoms with Gasteiger partial charge in [-0.2, -0.15) is 0 Å². The first-order valence-electron chi connectivity index (χ1n) is 14.4. The molecule has 1 fully saturated rings. The number of methoxy groups -OCH3 is 1. The molecule has 4 rings (SSSR count). The van der Waals surface area contributed by atoms with E-state index in [1.165, 1.54) is 33.0 Å². The molecule has 226 valence electrons. The molecule has 3 aromatic carbocycles. The first-order valence-corrected chi connectivity index (χ1v) is 14.8. The largest absolute Gasteiger partial charge is 0.496 e. The number of aliphatic hydroxyl groups excluding tert-OH is 1. The van der Waals surface area contributed by atoms with E-state index in [2.05, 4.69) is 36.2 Å². The van der Waals surface area contributed by atoms with Crippen LogP contribution in [0.25, 0.3) is 11.1 Å². The van der Waals surface area contributed by atoms with E-state index in [9.17, 15) is 9.90 Å². The second-order valence-electron chi connectivity index (χ2n) is 10.6. The fourth-order valence-electron chi connectivity index (χ4n) is 5.30. The van der Waals surface area contributed by atoms with E-state index in [0.717, 1.165) is 46.5 Å². The fourth-order valence-corrected chi connectivity index (χ4v) is 5.54. The number of nitrogens with zero attached hydrogens (tertiary/aromatic N) is 1. The van der Waals surface area contributed by atoms with E-state index >= 15 is 0 Å². The number of hydrogen-bond acceptors (Lipinski definition) is 7. The molecule has 0 bridgehead atoms. The van der Waals surface area contributed by atoms with Gasteiger partial charge < -0.3 is 29.3 Å². The van der Waals surface area contributed by atoms with Crippen molar-refractivity contribution >= 4 is 17.6 Å². The van der Waals surface area contributed by atoms with Gasteiger partial charge in [0.15, 0.2) is 0 Å². The maximum absolute atomic E-state index is 11.2. The lowest BCUT2D eigenvalue weighted by Crippen LogP contribution is -2.39. The van der Waals surface area contributed by atoms with Crippen LogP contribution in [0.5, 0.6) is 17.2 Å². The zero-order valence-corrected chi connectivity index (χ0v) is 25.4. The van der Waals surface area contributed by atoms with Gasteiger partial charge in [-0.05, 0) is 86.1 Å². The van der Waals surface area contributed by atoms with Gasteiger partial charge in [-0.1, -0.05) is 41.9 Å². The number of carboxylic acids is 1. The minimum Gasteiger partial charge on any atom is -0.496 e. The molecular weight excluding hydrogens is 556 g/mol. The molecule has 42 heavy (non-hydrogen) atoms. The first kappa shape index (κ1) is 31.6. The summed E-state index contributed by atoms with van der Waals surface area (Å²) >= 11 is 6.54. The first-order chi connectivity index (χ1) is 20.3. The third kappa shape index (κ3) is 7.95. The van der Waals surface area contributed by atoms with Gasteiger partial charge in [-0.25, -0.2) is 0 Å². The van der Waals surface area contributed by atoms with Crippen LogP contribution in [0, 0.1) is 13.8 Å². The van der Waals surface area contributed by atoms with E-state index in [4.69, 9.17) is 30.9 Å². The lowest BCUT2D eigenvalue weighted by molar-refractivity contribution is -0.140. The molecule has 3 aromatic rings.